The fourth-order valence-electron chi connectivity index (χ4n) is 4.76. The lowest BCUT2D eigenvalue weighted by Gasteiger charge is -2.40. The van der Waals surface area contributed by atoms with Crippen LogP contribution in [0.4, 0.5) is 0 Å². The van der Waals surface area contributed by atoms with E-state index in [1.54, 1.807) is 13.8 Å². The molecule has 178 valence electrons. The number of Topliss-reactive ketones (excluding diaryl/α,β-unsaturated/α-hetero) is 2. The van der Waals surface area contributed by atoms with E-state index < -0.39 is 53.2 Å². The summed E-state index contributed by atoms with van der Waals surface area (Å²) in [6.07, 6.45) is -2.20. The fourth-order valence-corrected chi connectivity index (χ4v) is 4.76. The monoisotopic (exact) mass is 450 g/mol. The third kappa shape index (κ3) is 4.05. The number of ether oxygens (including phenoxy) is 2. The van der Waals surface area contributed by atoms with E-state index in [0.717, 1.165) is 6.07 Å². The predicted molar refractivity (Wildman–Crippen MR) is 116 cm³/mol. The van der Waals surface area contributed by atoms with E-state index in [1.165, 1.54) is 6.07 Å². The third-order valence-electron chi connectivity index (χ3n) is 6.96. The van der Waals surface area contributed by atoms with Crippen LogP contribution >= 0.6 is 0 Å². The van der Waals surface area contributed by atoms with Crippen molar-refractivity contribution in [2.75, 3.05) is 0 Å². The smallest absolute Gasteiger partial charge is 0.189 e. The molecule has 0 aliphatic carbocycles. The zero-order chi connectivity index (χ0) is 24.0. The van der Waals surface area contributed by atoms with Gasteiger partial charge >= 0.3 is 0 Å². The quantitative estimate of drug-likeness (QED) is 0.351. The molecule has 0 saturated carbocycles. The molecule has 3 rings (SSSR count). The van der Waals surface area contributed by atoms with Gasteiger partial charge in [0.25, 0.3) is 0 Å². The number of epoxide rings is 1. The Bertz CT molecular complexity index is 867. The van der Waals surface area contributed by atoms with Gasteiger partial charge in [0.05, 0.1) is 35.4 Å². The summed E-state index contributed by atoms with van der Waals surface area (Å²) in [4.78, 5) is 26.1. The number of phenolic OH excluding ortho intramolecular Hbond substituents is 2. The molecule has 2 aliphatic rings. The maximum absolute atomic E-state index is 13.6. The average Bonchev–Trinajstić information content (AvgIpc) is 3.47. The number of benzene rings is 1. The fraction of sp³-hybridized carbons (Fsp3) is 0.667. The molecule has 32 heavy (non-hydrogen) atoms. The van der Waals surface area contributed by atoms with Crippen LogP contribution in [0.3, 0.4) is 0 Å². The number of phenols is 2. The Morgan fingerprint density at radius 1 is 1.06 bits per heavy atom. The van der Waals surface area contributed by atoms with Crippen LogP contribution in [0.2, 0.25) is 0 Å². The van der Waals surface area contributed by atoms with Crippen molar-refractivity contribution < 1.29 is 39.5 Å². The number of aromatic hydroxyl groups is 2. The van der Waals surface area contributed by atoms with Crippen LogP contribution < -0.4 is 0 Å². The lowest BCUT2D eigenvalue weighted by atomic mass is 9.76. The SMILES string of the molecule is CC[C@@H](C)[C@@H](C(=O)c1cc(C(=O)C(C)C)c(O)cc1O)[C@H]1C[C@@H](O)[C@@]2(O[C@H]2CC)[C@H](O)O1. The van der Waals surface area contributed by atoms with E-state index in [4.69, 9.17) is 9.47 Å². The number of aliphatic hydroxyl groups is 2. The number of rotatable bonds is 8. The first-order valence-electron chi connectivity index (χ1n) is 11.3. The molecule has 0 unspecified atom stereocenters. The summed E-state index contributed by atoms with van der Waals surface area (Å²) < 4.78 is 11.4. The molecule has 1 aromatic carbocycles. The highest BCUT2D eigenvalue weighted by atomic mass is 16.7. The van der Waals surface area contributed by atoms with Crippen molar-refractivity contribution in [3.63, 3.8) is 0 Å². The highest BCUT2D eigenvalue weighted by Gasteiger charge is 2.68. The summed E-state index contributed by atoms with van der Waals surface area (Å²) in [5.74, 6) is -3.07. The van der Waals surface area contributed by atoms with E-state index in [9.17, 15) is 30.0 Å². The van der Waals surface area contributed by atoms with Gasteiger partial charge in [-0.1, -0.05) is 41.0 Å². The Labute approximate surface area is 188 Å². The first-order chi connectivity index (χ1) is 15.0. The van der Waals surface area contributed by atoms with Gasteiger partial charge in [-0.25, -0.2) is 0 Å². The minimum absolute atomic E-state index is 0.0372. The van der Waals surface area contributed by atoms with Crippen molar-refractivity contribution in [3.8, 4) is 11.5 Å². The van der Waals surface area contributed by atoms with Crippen molar-refractivity contribution in [2.24, 2.45) is 17.8 Å². The molecule has 2 fully saturated rings. The Hall–Kier alpha value is -2.00. The lowest BCUT2D eigenvalue weighted by molar-refractivity contribution is -0.241. The summed E-state index contributed by atoms with van der Waals surface area (Å²) in [5, 5.41) is 41.9. The number of carbonyl (C=O) groups excluding carboxylic acids is 2. The topological polar surface area (TPSA) is 137 Å². The van der Waals surface area contributed by atoms with Gasteiger partial charge in [0.15, 0.2) is 23.5 Å². The van der Waals surface area contributed by atoms with E-state index in [2.05, 4.69) is 0 Å². The van der Waals surface area contributed by atoms with Crippen LogP contribution in [0.15, 0.2) is 12.1 Å². The summed E-state index contributed by atoms with van der Waals surface area (Å²) in [6, 6.07) is 2.22. The maximum atomic E-state index is 13.6. The van der Waals surface area contributed by atoms with Crippen LogP contribution in [0.25, 0.3) is 0 Å². The normalized spacial score (nSPS) is 31.5. The summed E-state index contributed by atoms with van der Waals surface area (Å²) in [7, 11) is 0. The van der Waals surface area contributed by atoms with Gasteiger partial charge in [0.1, 0.15) is 11.5 Å². The lowest BCUT2D eigenvalue weighted by Crippen LogP contribution is -2.55. The Morgan fingerprint density at radius 3 is 2.12 bits per heavy atom. The Kier molecular flexibility index (Phi) is 7.00. The molecule has 7 atom stereocenters. The molecule has 0 aromatic heterocycles. The number of aliphatic hydroxyl groups excluding tert-OH is 2. The van der Waals surface area contributed by atoms with E-state index in [0.29, 0.717) is 12.8 Å². The second-order valence-electron chi connectivity index (χ2n) is 9.33. The molecule has 2 heterocycles. The number of ketones is 2. The predicted octanol–water partition coefficient (Wildman–Crippen LogP) is 2.80. The summed E-state index contributed by atoms with van der Waals surface area (Å²) in [5.41, 5.74) is -1.30. The zero-order valence-electron chi connectivity index (χ0n) is 19.2. The first-order valence-corrected chi connectivity index (χ1v) is 11.3. The second-order valence-corrected chi connectivity index (χ2v) is 9.33. The third-order valence-corrected chi connectivity index (χ3v) is 6.96. The Balaban J connectivity index is 1.95. The minimum Gasteiger partial charge on any atom is -0.507 e. The number of carbonyl (C=O) groups is 2. The van der Waals surface area contributed by atoms with Gasteiger partial charge in [-0.15, -0.1) is 0 Å². The molecule has 2 aliphatic heterocycles. The van der Waals surface area contributed by atoms with E-state index in [1.807, 2.05) is 20.8 Å². The molecular formula is C24H34O8. The van der Waals surface area contributed by atoms with Crippen molar-refractivity contribution >= 4 is 11.6 Å². The highest BCUT2D eigenvalue weighted by molar-refractivity contribution is 6.06. The zero-order valence-corrected chi connectivity index (χ0v) is 19.2. The summed E-state index contributed by atoms with van der Waals surface area (Å²) in [6.45, 7) is 9.00. The van der Waals surface area contributed by atoms with Gasteiger partial charge in [0.2, 0.25) is 0 Å². The highest BCUT2D eigenvalue weighted by Crippen LogP contribution is 2.51. The summed E-state index contributed by atoms with van der Waals surface area (Å²) >= 11 is 0. The Morgan fingerprint density at radius 2 is 1.66 bits per heavy atom. The molecule has 0 radical (unpaired) electrons. The van der Waals surface area contributed by atoms with Gasteiger partial charge in [-0.05, 0) is 18.4 Å². The van der Waals surface area contributed by atoms with Gasteiger partial charge in [-0.3, -0.25) is 9.59 Å². The second kappa shape index (κ2) is 9.09. The molecule has 0 bridgehead atoms. The largest absolute Gasteiger partial charge is 0.507 e. The van der Waals surface area contributed by atoms with Crippen molar-refractivity contribution in [1.29, 1.82) is 0 Å². The van der Waals surface area contributed by atoms with Crippen LogP contribution in [-0.4, -0.2) is 62.2 Å². The van der Waals surface area contributed by atoms with Crippen molar-refractivity contribution in [3.05, 3.63) is 23.3 Å². The van der Waals surface area contributed by atoms with Crippen LogP contribution in [0.1, 0.15) is 74.6 Å². The van der Waals surface area contributed by atoms with Gasteiger partial charge in [0, 0.05) is 18.4 Å². The molecule has 4 N–H and O–H groups in total. The molecule has 1 aromatic rings. The van der Waals surface area contributed by atoms with Crippen molar-refractivity contribution in [1.82, 2.24) is 0 Å². The van der Waals surface area contributed by atoms with E-state index >= 15 is 0 Å². The van der Waals surface area contributed by atoms with Crippen molar-refractivity contribution in [2.45, 2.75) is 84.1 Å². The maximum Gasteiger partial charge on any atom is 0.189 e. The van der Waals surface area contributed by atoms with Gasteiger partial charge in [-0.2, -0.15) is 0 Å². The standard InChI is InChI=1S/C24H34O8/c1-6-12(5)20(17-10-18(27)24(23(30)31-17)19(7-2)32-24)22(29)14-8-13(21(28)11(3)4)15(25)9-16(14)26/h8-9,11-12,17-20,23,25-27,30H,6-7,10H2,1-5H3/t12-,17-,18-,19+,20-,23-,24+/m1/s1. The molecule has 1 spiro atoms. The minimum atomic E-state index is -1.38. The number of hydrogen-bond acceptors (Lipinski definition) is 8. The molecule has 8 nitrogen and oxygen atoms in total. The first kappa shape index (κ1) is 24.6. The molecule has 0 amide bonds. The van der Waals surface area contributed by atoms with Crippen LogP contribution in [0.5, 0.6) is 11.5 Å². The van der Waals surface area contributed by atoms with Crippen LogP contribution in [-0.2, 0) is 9.47 Å². The number of hydrogen-bond donors (Lipinski definition) is 4. The van der Waals surface area contributed by atoms with Crippen LogP contribution in [0, 0.1) is 17.8 Å². The molecule has 2 saturated heterocycles. The molecule has 8 heteroatoms. The molecular weight excluding hydrogens is 416 g/mol. The van der Waals surface area contributed by atoms with E-state index in [-0.39, 0.29) is 35.4 Å². The average molecular weight is 451 g/mol. The van der Waals surface area contributed by atoms with Gasteiger partial charge < -0.3 is 29.9 Å².